The summed E-state index contributed by atoms with van der Waals surface area (Å²) < 4.78 is 37.9. The van der Waals surface area contributed by atoms with Crippen molar-refractivity contribution in [3.8, 4) is 0 Å². The van der Waals surface area contributed by atoms with Crippen LogP contribution in [0, 0.1) is 6.92 Å². The van der Waals surface area contributed by atoms with Crippen LogP contribution in [0.25, 0.3) is 0 Å². The van der Waals surface area contributed by atoms with Gasteiger partial charge in [0.1, 0.15) is 6.54 Å². The topological polar surface area (TPSA) is 88.1 Å². The minimum absolute atomic E-state index is 0.112. The Bertz CT molecular complexity index is 854. The molecule has 1 aliphatic rings. The van der Waals surface area contributed by atoms with Gasteiger partial charge in [-0.2, -0.15) is 13.2 Å². The Kier molecular flexibility index (Phi) is 7.61. The SMILES string of the molecule is C[C@@H]1[C@H](c2ccccc2)C[C@H]([NH3+])C(=O)N1CC(F)(F)F.Cc1ccc(C(=O)[O-])cc1. The Hall–Kier alpha value is -2.87. The molecule has 0 unspecified atom stereocenters. The van der Waals surface area contributed by atoms with Crippen LogP contribution in [0.15, 0.2) is 54.6 Å². The van der Waals surface area contributed by atoms with Crippen LogP contribution in [0.2, 0.25) is 0 Å². The zero-order valence-corrected chi connectivity index (χ0v) is 16.9. The number of aromatic carboxylic acids is 1. The molecule has 1 fully saturated rings. The third-order valence-electron chi connectivity index (χ3n) is 5.11. The number of quaternary nitrogens is 1. The molecule has 162 valence electrons. The number of hydrogen-bond acceptors (Lipinski definition) is 3. The van der Waals surface area contributed by atoms with E-state index in [4.69, 9.17) is 0 Å². The fourth-order valence-corrected chi connectivity index (χ4v) is 3.48. The molecule has 1 saturated heterocycles. The minimum atomic E-state index is -4.39. The van der Waals surface area contributed by atoms with Gasteiger partial charge in [0.2, 0.25) is 0 Å². The van der Waals surface area contributed by atoms with Crippen molar-refractivity contribution < 1.29 is 33.6 Å². The lowest BCUT2D eigenvalue weighted by molar-refractivity contribution is -0.412. The molecule has 30 heavy (non-hydrogen) atoms. The number of aryl methyl sites for hydroxylation is 1. The first-order chi connectivity index (χ1) is 14.0. The molecule has 0 spiro atoms. The zero-order chi connectivity index (χ0) is 22.5. The summed E-state index contributed by atoms with van der Waals surface area (Å²) in [6.07, 6.45) is -3.90. The Labute approximate surface area is 173 Å². The van der Waals surface area contributed by atoms with E-state index in [0.29, 0.717) is 6.42 Å². The zero-order valence-electron chi connectivity index (χ0n) is 16.9. The lowest BCUT2D eigenvalue weighted by atomic mass is 9.82. The van der Waals surface area contributed by atoms with Gasteiger partial charge in [-0.05, 0) is 25.0 Å². The maximum atomic E-state index is 12.6. The number of likely N-dealkylation sites (tertiary alicyclic amines) is 1. The Morgan fingerprint density at radius 2 is 1.70 bits per heavy atom. The largest absolute Gasteiger partial charge is 0.545 e. The fraction of sp³-hybridized carbons (Fsp3) is 0.364. The Morgan fingerprint density at radius 1 is 1.13 bits per heavy atom. The number of hydrogen-bond donors (Lipinski definition) is 1. The van der Waals surface area contributed by atoms with Gasteiger partial charge in [-0.25, -0.2) is 0 Å². The normalized spacial score (nSPS) is 21.6. The van der Waals surface area contributed by atoms with Crippen LogP contribution in [-0.4, -0.2) is 41.6 Å². The van der Waals surface area contributed by atoms with E-state index in [1.54, 1.807) is 19.1 Å². The maximum Gasteiger partial charge on any atom is 0.406 e. The average molecular weight is 422 g/mol. The van der Waals surface area contributed by atoms with Gasteiger partial charge in [-0.15, -0.1) is 0 Å². The predicted molar refractivity (Wildman–Crippen MR) is 103 cm³/mol. The number of carbonyl (C=O) groups is 2. The molecule has 2 aromatic rings. The second-order valence-electron chi connectivity index (χ2n) is 7.43. The summed E-state index contributed by atoms with van der Waals surface area (Å²) in [4.78, 5) is 23.1. The quantitative estimate of drug-likeness (QED) is 0.820. The van der Waals surface area contributed by atoms with Crippen molar-refractivity contribution in [2.75, 3.05) is 6.54 Å². The summed E-state index contributed by atoms with van der Waals surface area (Å²) in [6, 6.07) is 14.8. The van der Waals surface area contributed by atoms with Crippen molar-refractivity contribution in [3.05, 3.63) is 71.3 Å². The van der Waals surface area contributed by atoms with Crippen molar-refractivity contribution in [1.29, 1.82) is 0 Å². The molecule has 3 atom stereocenters. The molecule has 0 aliphatic carbocycles. The lowest BCUT2D eigenvalue weighted by Crippen LogP contribution is -2.72. The van der Waals surface area contributed by atoms with Crippen LogP contribution in [-0.2, 0) is 4.79 Å². The van der Waals surface area contributed by atoms with Crippen LogP contribution in [0.4, 0.5) is 13.2 Å². The van der Waals surface area contributed by atoms with E-state index in [-0.39, 0.29) is 11.5 Å². The number of benzene rings is 2. The highest BCUT2D eigenvalue weighted by molar-refractivity contribution is 5.85. The highest BCUT2D eigenvalue weighted by atomic mass is 19.4. The van der Waals surface area contributed by atoms with Gasteiger partial charge in [-0.3, -0.25) is 4.79 Å². The summed E-state index contributed by atoms with van der Waals surface area (Å²) in [5, 5.41) is 10.2. The molecular weight excluding hydrogens is 397 g/mol. The van der Waals surface area contributed by atoms with E-state index in [9.17, 15) is 27.9 Å². The van der Waals surface area contributed by atoms with Crippen LogP contribution < -0.4 is 10.8 Å². The Balaban J connectivity index is 0.000000269. The summed E-state index contributed by atoms with van der Waals surface area (Å²) in [7, 11) is 0. The molecule has 0 saturated carbocycles. The third-order valence-corrected chi connectivity index (χ3v) is 5.11. The molecule has 1 aliphatic heterocycles. The molecule has 0 bridgehead atoms. The predicted octanol–water partition coefficient (Wildman–Crippen LogP) is 1.92. The van der Waals surface area contributed by atoms with Crippen molar-refractivity contribution >= 4 is 11.9 Å². The molecule has 1 amide bonds. The first-order valence-electron chi connectivity index (χ1n) is 9.53. The van der Waals surface area contributed by atoms with Gasteiger partial charge < -0.3 is 20.5 Å². The number of amides is 1. The molecule has 8 heteroatoms. The van der Waals surface area contributed by atoms with E-state index in [1.165, 1.54) is 12.1 Å². The van der Waals surface area contributed by atoms with Gasteiger partial charge >= 0.3 is 6.18 Å². The van der Waals surface area contributed by atoms with Crippen molar-refractivity contribution in [1.82, 2.24) is 4.90 Å². The van der Waals surface area contributed by atoms with Gasteiger partial charge in [0.05, 0.1) is 5.97 Å². The number of carbonyl (C=O) groups excluding carboxylic acids is 2. The van der Waals surface area contributed by atoms with Crippen LogP contribution in [0.3, 0.4) is 0 Å². The standard InChI is InChI=1S/C14H17F3N2O.C8H8O2/c1-9-11(10-5-3-2-4-6-10)7-12(18)13(20)19(9)8-14(15,16)17;1-6-2-4-7(5-3-6)8(9)10/h2-6,9,11-12H,7-8,18H2,1H3;2-5H,1H3,(H,9,10)/t9-,11-,12+;/m1./s1. The number of halogens is 3. The highest BCUT2D eigenvalue weighted by Crippen LogP contribution is 2.33. The van der Waals surface area contributed by atoms with Crippen LogP contribution >= 0.6 is 0 Å². The van der Waals surface area contributed by atoms with Crippen LogP contribution in [0.5, 0.6) is 0 Å². The maximum absolute atomic E-state index is 12.6. The summed E-state index contributed by atoms with van der Waals surface area (Å²) >= 11 is 0. The monoisotopic (exact) mass is 422 g/mol. The smallest absolute Gasteiger partial charge is 0.406 e. The molecular formula is C22H25F3N2O3. The summed E-state index contributed by atoms with van der Waals surface area (Å²) in [5.41, 5.74) is 5.94. The number of alkyl halides is 3. The lowest BCUT2D eigenvalue weighted by Gasteiger charge is -2.40. The van der Waals surface area contributed by atoms with Crippen molar-refractivity contribution in [2.45, 2.75) is 44.4 Å². The number of carboxylic acid groups (broad SMARTS) is 1. The Morgan fingerprint density at radius 3 is 2.20 bits per heavy atom. The molecule has 0 radical (unpaired) electrons. The van der Waals surface area contributed by atoms with Crippen LogP contribution in [0.1, 0.15) is 40.7 Å². The summed E-state index contributed by atoms with van der Waals surface area (Å²) in [6.45, 7) is 2.37. The molecule has 3 rings (SSSR count). The molecule has 2 aromatic carbocycles. The van der Waals surface area contributed by atoms with Crippen molar-refractivity contribution in [3.63, 3.8) is 0 Å². The fourth-order valence-electron chi connectivity index (χ4n) is 3.48. The van der Waals surface area contributed by atoms with E-state index in [0.717, 1.165) is 16.0 Å². The van der Waals surface area contributed by atoms with E-state index in [2.05, 4.69) is 5.73 Å². The number of nitrogens with zero attached hydrogens (tertiary/aromatic N) is 1. The van der Waals surface area contributed by atoms with Gasteiger partial charge in [0, 0.05) is 18.4 Å². The second kappa shape index (κ2) is 9.75. The van der Waals surface area contributed by atoms with Gasteiger partial charge in [0.25, 0.3) is 5.91 Å². The first-order valence-corrected chi connectivity index (χ1v) is 9.53. The van der Waals surface area contributed by atoms with E-state index in [1.807, 2.05) is 37.3 Å². The molecule has 1 heterocycles. The minimum Gasteiger partial charge on any atom is -0.545 e. The van der Waals surface area contributed by atoms with Crippen molar-refractivity contribution in [2.24, 2.45) is 0 Å². The number of piperidine rings is 1. The van der Waals surface area contributed by atoms with E-state index < -0.39 is 36.7 Å². The molecule has 5 nitrogen and oxygen atoms in total. The number of carboxylic acids is 1. The summed E-state index contributed by atoms with van der Waals surface area (Å²) in [5.74, 6) is -1.75. The number of rotatable bonds is 3. The van der Waals surface area contributed by atoms with Gasteiger partial charge in [0.15, 0.2) is 6.04 Å². The second-order valence-corrected chi connectivity index (χ2v) is 7.43. The van der Waals surface area contributed by atoms with E-state index >= 15 is 0 Å². The first kappa shape index (κ1) is 23.4. The average Bonchev–Trinajstić information content (AvgIpc) is 2.69. The van der Waals surface area contributed by atoms with Gasteiger partial charge in [-0.1, -0.05) is 60.2 Å². The third kappa shape index (κ3) is 6.32. The highest BCUT2D eigenvalue weighted by Gasteiger charge is 2.45. The molecule has 0 aromatic heterocycles. The molecule has 3 N–H and O–H groups in total.